The third-order valence-electron chi connectivity index (χ3n) is 2.58. The summed E-state index contributed by atoms with van der Waals surface area (Å²) in [7, 11) is 0. The molecule has 0 saturated carbocycles. The van der Waals surface area contributed by atoms with Gasteiger partial charge in [0.05, 0.1) is 5.37 Å². The van der Waals surface area contributed by atoms with Gasteiger partial charge in [0.25, 0.3) is 0 Å². The van der Waals surface area contributed by atoms with Gasteiger partial charge in [-0.05, 0) is 43.9 Å². The second kappa shape index (κ2) is 7.23. The fourth-order valence-electron chi connectivity index (χ4n) is 1.79. The summed E-state index contributed by atoms with van der Waals surface area (Å²) in [6, 6.07) is 0. The van der Waals surface area contributed by atoms with Crippen LogP contribution in [0.2, 0.25) is 0 Å². The van der Waals surface area contributed by atoms with E-state index < -0.39 is 0 Å². The van der Waals surface area contributed by atoms with Crippen molar-refractivity contribution in [3.8, 4) is 0 Å². The lowest BCUT2D eigenvalue weighted by Gasteiger charge is -2.19. The highest BCUT2D eigenvalue weighted by atomic mass is 32.1. The Morgan fingerprint density at radius 1 is 1.41 bits per heavy atom. The molecule has 1 rings (SSSR count). The lowest BCUT2D eigenvalue weighted by Crippen LogP contribution is -2.21. The molecule has 0 aromatic rings. The maximum atomic E-state index is 4.35. The highest BCUT2D eigenvalue weighted by Gasteiger charge is 2.10. The fourth-order valence-corrected chi connectivity index (χ4v) is 1.96. The van der Waals surface area contributed by atoms with Crippen LogP contribution < -0.4 is 5.32 Å². The van der Waals surface area contributed by atoms with Crippen LogP contribution in [0.15, 0.2) is 59.9 Å². The molecule has 0 aromatic carbocycles. The average Bonchev–Trinajstić information content (AvgIpc) is 2.29. The van der Waals surface area contributed by atoms with Crippen molar-refractivity contribution in [2.75, 3.05) is 0 Å². The van der Waals surface area contributed by atoms with Crippen LogP contribution in [0.3, 0.4) is 0 Å². The second-order valence-corrected chi connectivity index (χ2v) is 4.83. The predicted octanol–water partition coefficient (Wildman–Crippen LogP) is 4.14. The Morgan fingerprint density at radius 2 is 2.18 bits per heavy atom. The standard InChI is InChI=1S/C15H21NS/c1-4-6-7-8-14-11-15(16-12(3)17)10-9-13(14)5-2/h4-8,11-12,16-17H,2,9-10H2,1,3H3/b6-4-,8-7-. The van der Waals surface area contributed by atoms with Gasteiger partial charge in [-0.2, -0.15) is 12.6 Å². The zero-order valence-corrected chi connectivity index (χ0v) is 11.5. The molecule has 1 nitrogen and oxygen atoms in total. The highest BCUT2D eigenvalue weighted by Crippen LogP contribution is 2.24. The van der Waals surface area contributed by atoms with E-state index in [4.69, 9.17) is 0 Å². The first-order valence-electron chi connectivity index (χ1n) is 5.97. The zero-order valence-electron chi connectivity index (χ0n) is 10.6. The third kappa shape index (κ3) is 4.70. The summed E-state index contributed by atoms with van der Waals surface area (Å²) in [6.45, 7) is 7.92. The molecule has 0 aromatic heterocycles. The number of nitrogens with one attached hydrogen (secondary N) is 1. The first-order chi connectivity index (χ1) is 8.17. The van der Waals surface area contributed by atoms with Gasteiger partial charge in [0.1, 0.15) is 0 Å². The molecule has 0 bridgehead atoms. The van der Waals surface area contributed by atoms with Crippen molar-refractivity contribution >= 4 is 12.6 Å². The van der Waals surface area contributed by atoms with Crippen molar-refractivity contribution in [3.63, 3.8) is 0 Å². The Hall–Kier alpha value is -1.15. The van der Waals surface area contributed by atoms with Gasteiger partial charge >= 0.3 is 0 Å². The van der Waals surface area contributed by atoms with Gasteiger partial charge in [-0.15, -0.1) is 0 Å². The van der Waals surface area contributed by atoms with E-state index in [-0.39, 0.29) is 5.37 Å². The van der Waals surface area contributed by atoms with Gasteiger partial charge in [-0.1, -0.05) is 37.0 Å². The average molecular weight is 247 g/mol. The molecule has 0 spiro atoms. The van der Waals surface area contributed by atoms with E-state index in [0.717, 1.165) is 12.8 Å². The lowest BCUT2D eigenvalue weighted by molar-refractivity contribution is 0.733. The van der Waals surface area contributed by atoms with E-state index in [2.05, 4.69) is 42.8 Å². The fraction of sp³-hybridized carbons (Fsp3) is 0.333. The van der Waals surface area contributed by atoms with Crippen LogP contribution >= 0.6 is 12.6 Å². The molecule has 0 radical (unpaired) electrons. The van der Waals surface area contributed by atoms with Crippen LogP contribution in [0.4, 0.5) is 0 Å². The normalized spacial score (nSPS) is 18.6. The highest BCUT2D eigenvalue weighted by molar-refractivity contribution is 7.80. The molecular formula is C15H21NS. The maximum absolute atomic E-state index is 4.35. The van der Waals surface area contributed by atoms with Crippen molar-refractivity contribution in [2.45, 2.75) is 32.1 Å². The number of rotatable bonds is 5. The Kier molecular flexibility index (Phi) is 5.92. The van der Waals surface area contributed by atoms with Gasteiger partial charge in [-0.3, -0.25) is 0 Å². The molecule has 0 amide bonds. The molecule has 1 unspecified atom stereocenters. The minimum atomic E-state index is 0.187. The minimum absolute atomic E-state index is 0.187. The Labute approximate surface area is 110 Å². The third-order valence-corrected chi connectivity index (χ3v) is 2.71. The summed E-state index contributed by atoms with van der Waals surface area (Å²) in [4.78, 5) is 0. The second-order valence-electron chi connectivity index (χ2n) is 4.06. The molecule has 1 aliphatic carbocycles. The van der Waals surface area contributed by atoms with E-state index in [0.29, 0.717) is 0 Å². The molecule has 92 valence electrons. The van der Waals surface area contributed by atoms with Gasteiger partial charge in [0.2, 0.25) is 0 Å². The largest absolute Gasteiger partial charge is 0.377 e. The van der Waals surface area contributed by atoms with E-state index in [1.165, 1.54) is 16.8 Å². The van der Waals surface area contributed by atoms with Crippen LogP contribution in [0.25, 0.3) is 0 Å². The minimum Gasteiger partial charge on any atom is -0.377 e. The van der Waals surface area contributed by atoms with E-state index >= 15 is 0 Å². The summed E-state index contributed by atoms with van der Waals surface area (Å²) in [5, 5.41) is 3.54. The topological polar surface area (TPSA) is 12.0 Å². The molecule has 0 heterocycles. The van der Waals surface area contributed by atoms with Crippen LogP contribution in [0, 0.1) is 0 Å². The summed E-state index contributed by atoms with van der Waals surface area (Å²) in [5.74, 6) is 0. The summed E-state index contributed by atoms with van der Waals surface area (Å²) in [6.07, 6.45) is 14.4. The predicted molar refractivity (Wildman–Crippen MR) is 80.1 cm³/mol. The van der Waals surface area contributed by atoms with Crippen molar-refractivity contribution in [1.82, 2.24) is 5.32 Å². The van der Waals surface area contributed by atoms with Gasteiger partial charge in [0.15, 0.2) is 0 Å². The first-order valence-corrected chi connectivity index (χ1v) is 6.49. The molecule has 0 saturated heterocycles. The summed E-state index contributed by atoms with van der Waals surface area (Å²) >= 11 is 4.35. The molecule has 1 atom stereocenters. The number of hydrogen-bond acceptors (Lipinski definition) is 2. The van der Waals surface area contributed by atoms with Crippen molar-refractivity contribution in [1.29, 1.82) is 0 Å². The quantitative estimate of drug-likeness (QED) is 0.422. The Bertz CT molecular complexity index is 384. The van der Waals surface area contributed by atoms with Gasteiger partial charge in [0, 0.05) is 5.70 Å². The van der Waals surface area contributed by atoms with Crippen LogP contribution in [-0.4, -0.2) is 5.37 Å². The molecule has 17 heavy (non-hydrogen) atoms. The van der Waals surface area contributed by atoms with E-state index in [1.807, 2.05) is 32.1 Å². The maximum Gasteiger partial charge on any atom is 0.0662 e. The molecule has 2 heteroatoms. The molecule has 1 aliphatic rings. The Balaban J connectivity index is 2.89. The van der Waals surface area contributed by atoms with E-state index in [9.17, 15) is 0 Å². The summed E-state index contributed by atoms with van der Waals surface area (Å²) in [5.41, 5.74) is 3.79. The molecular weight excluding hydrogens is 226 g/mol. The summed E-state index contributed by atoms with van der Waals surface area (Å²) < 4.78 is 0. The molecule has 0 fully saturated rings. The number of allylic oxidation sites excluding steroid dienone is 9. The van der Waals surface area contributed by atoms with Gasteiger partial charge in [-0.25, -0.2) is 0 Å². The molecule has 0 aliphatic heterocycles. The van der Waals surface area contributed by atoms with Crippen LogP contribution in [-0.2, 0) is 0 Å². The molecule has 1 N–H and O–H groups in total. The van der Waals surface area contributed by atoms with Crippen molar-refractivity contribution in [3.05, 3.63) is 59.9 Å². The number of hydrogen-bond donors (Lipinski definition) is 2. The van der Waals surface area contributed by atoms with Crippen LogP contribution in [0.5, 0.6) is 0 Å². The zero-order chi connectivity index (χ0) is 12.7. The van der Waals surface area contributed by atoms with Gasteiger partial charge < -0.3 is 5.32 Å². The first kappa shape index (κ1) is 13.9. The monoisotopic (exact) mass is 247 g/mol. The number of thiol groups is 1. The lowest BCUT2D eigenvalue weighted by atomic mass is 9.95. The van der Waals surface area contributed by atoms with Crippen molar-refractivity contribution in [2.24, 2.45) is 0 Å². The van der Waals surface area contributed by atoms with E-state index in [1.54, 1.807) is 0 Å². The van der Waals surface area contributed by atoms with Crippen LogP contribution in [0.1, 0.15) is 26.7 Å². The Morgan fingerprint density at radius 3 is 2.76 bits per heavy atom. The SMILES string of the molecule is C=CC1=C(/C=C\C=C/C)C=C(NC(C)S)CC1. The smallest absolute Gasteiger partial charge is 0.0662 e. The van der Waals surface area contributed by atoms with Crippen molar-refractivity contribution < 1.29 is 0 Å².